The van der Waals surface area contributed by atoms with Gasteiger partial charge in [-0.1, -0.05) is 12.1 Å². The van der Waals surface area contributed by atoms with Crippen molar-refractivity contribution in [3.8, 4) is 5.75 Å². The van der Waals surface area contributed by atoms with Crippen LogP contribution in [-0.4, -0.2) is 54.5 Å². The van der Waals surface area contributed by atoms with E-state index in [1.807, 2.05) is 0 Å². The van der Waals surface area contributed by atoms with Crippen molar-refractivity contribution in [1.29, 1.82) is 0 Å². The van der Waals surface area contributed by atoms with Crippen LogP contribution in [0.1, 0.15) is 27.8 Å². The summed E-state index contributed by atoms with van der Waals surface area (Å²) in [5.74, 6) is -0.899. The van der Waals surface area contributed by atoms with E-state index in [0.29, 0.717) is 37.3 Å². The third-order valence-corrected chi connectivity index (χ3v) is 5.04. The van der Waals surface area contributed by atoms with Gasteiger partial charge in [0.25, 0.3) is 11.8 Å². The van der Waals surface area contributed by atoms with Gasteiger partial charge in [0, 0.05) is 30.1 Å². The van der Waals surface area contributed by atoms with E-state index in [1.165, 1.54) is 12.1 Å². The standard InChI is InChI=1S/C22H21N3O7/c1-2-31-18-8-7-14(13-16(18)25(28)29)21(26)23-19-15-5-3-4-6-17(15)32-20(19)22(27)24-9-11-30-12-10-24/h3-8,13H,2,9-12H2,1H3,(H,23,26). The van der Waals surface area contributed by atoms with Crippen LogP contribution in [-0.2, 0) is 4.74 Å². The molecule has 32 heavy (non-hydrogen) atoms. The van der Waals surface area contributed by atoms with Gasteiger partial charge >= 0.3 is 5.69 Å². The molecule has 0 unspecified atom stereocenters. The van der Waals surface area contributed by atoms with Crippen molar-refractivity contribution in [2.24, 2.45) is 0 Å². The summed E-state index contributed by atoms with van der Waals surface area (Å²) in [6.45, 7) is 3.62. The van der Waals surface area contributed by atoms with Gasteiger partial charge in [-0.05, 0) is 31.2 Å². The summed E-state index contributed by atoms with van der Waals surface area (Å²) in [4.78, 5) is 38.5. The number of para-hydroxylation sites is 1. The van der Waals surface area contributed by atoms with Crippen LogP contribution in [0.25, 0.3) is 11.0 Å². The number of morpholine rings is 1. The van der Waals surface area contributed by atoms with Crippen LogP contribution in [0.3, 0.4) is 0 Å². The Morgan fingerprint density at radius 1 is 1.19 bits per heavy atom. The molecule has 2 heterocycles. The SMILES string of the molecule is CCOc1ccc(C(=O)Nc2c(C(=O)N3CCOCC3)oc3ccccc23)cc1[N+](=O)[O-]. The highest BCUT2D eigenvalue weighted by molar-refractivity contribution is 6.14. The van der Waals surface area contributed by atoms with E-state index in [-0.39, 0.29) is 41.0 Å². The van der Waals surface area contributed by atoms with Gasteiger partial charge in [-0.15, -0.1) is 0 Å². The molecular weight excluding hydrogens is 418 g/mol. The van der Waals surface area contributed by atoms with Gasteiger partial charge in [0.1, 0.15) is 11.3 Å². The topological polar surface area (TPSA) is 124 Å². The Balaban J connectivity index is 1.69. The van der Waals surface area contributed by atoms with Crippen LogP contribution in [0.5, 0.6) is 5.75 Å². The number of hydrogen-bond acceptors (Lipinski definition) is 7. The Kier molecular flexibility index (Phi) is 6.04. The zero-order chi connectivity index (χ0) is 22.7. The van der Waals surface area contributed by atoms with Crippen molar-refractivity contribution >= 4 is 34.2 Å². The zero-order valence-electron chi connectivity index (χ0n) is 17.3. The Morgan fingerprint density at radius 3 is 2.66 bits per heavy atom. The fraction of sp³-hybridized carbons (Fsp3) is 0.273. The first-order chi connectivity index (χ1) is 15.5. The summed E-state index contributed by atoms with van der Waals surface area (Å²) in [6, 6.07) is 10.9. The molecule has 0 aliphatic carbocycles. The number of furan rings is 1. The van der Waals surface area contributed by atoms with Crippen molar-refractivity contribution in [3.05, 3.63) is 63.9 Å². The predicted octanol–water partition coefficient (Wildman–Crippen LogP) is 3.46. The van der Waals surface area contributed by atoms with Gasteiger partial charge in [0.05, 0.1) is 24.7 Å². The third kappa shape index (κ3) is 4.12. The molecule has 1 aromatic heterocycles. The van der Waals surface area contributed by atoms with Crippen LogP contribution in [0.15, 0.2) is 46.9 Å². The highest BCUT2D eigenvalue weighted by Crippen LogP contribution is 2.33. The van der Waals surface area contributed by atoms with Gasteiger partial charge in [0.15, 0.2) is 5.75 Å². The largest absolute Gasteiger partial charge is 0.487 e. The summed E-state index contributed by atoms with van der Waals surface area (Å²) in [5, 5.41) is 14.7. The van der Waals surface area contributed by atoms with Gasteiger partial charge in [-0.25, -0.2) is 0 Å². The number of carbonyl (C=O) groups excluding carboxylic acids is 2. The van der Waals surface area contributed by atoms with E-state index in [2.05, 4.69) is 5.32 Å². The number of benzene rings is 2. The molecule has 10 nitrogen and oxygen atoms in total. The number of nitro benzene ring substituents is 1. The number of nitro groups is 1. The number of carbonyl (C=O) groups is 2. The van der Waals surface area contributed by atoms with Crippen molar-refractivity contribution in [2.45, 2.75) is 6.92 Å². The number of rotatable bonds is 6. The maximum Gasteiger partial charge on any atom is 0.311 e. The molecule has 0 bridgehead atoms. The van der Waals surface area contributed by atoms with Crippen molar-refractivity contribution in [1.82, 2.24) is 4.90 Å². The summed E-state index contributed by atoms with van der Waals surface area (Å²) in [7, 11) is 0. The second-order valence-electron chi connectivity index (χ2n) is 7.03. The number of hydrogen-bond donors (Lipinski definition) is 1. The van der Waals surface area contributed by atoms with E-state index in [1.54, 1.807) is 36.1 Å². The smallest absolute Gasteiger partial charge is 0.311 e. The maximum absolute atomic E-state index is 13.1. The average molecular weight is 439 g/mol. The number of fused-ring (bicyclic) bond motifs is 1. The Bertz CT molecular complexity index is 1180. The molecule has 3 aromatic rings. The molecule has 0 atom stereocenters. The Morgan fingerprint density at radius 2 is 1.94 bits per heavy atom. The first kappa shape index (κ1) is 21.3. The molecule has 0 saturated carbocycles. The van der Waals surface area contributed by atoms with Crippen LogP contribution < -0.4 is 10.1 Å². The van der Waals surface area contributed by atoms with Gasteiger partial charge in [-0.3, -0.25) is 19.7 Å². The molecule has 1 saturated heterocycles. The molecule has 0 spiro atoms. The van der Waals surface area contributed by atoms with Gasteiger partial charge < -0.3 is 24.1 Å². The number of nitrogens with zero attached hydrogens (tertiary/aromatic N) is 2. The number of nitrogens with one attached hydrogen (secondary N) is 1. The molecule has 1 fully saturated rings. The van der Waals surface area contributed by atoms with Crippen LogP contribution >= 0.6 is 0 Å². The molecule has 1 aliphatic heterocycles. The first-order valence-electron chi connectivity index (χ1n) is 10.1. The summed E-state index contributed by atoms with van der Waals surface area (Å²) >= 11 is 0. The highest BCUT2D eigenvalue weighted by atomic mass is 16.6. The molecule has 2 aromatic carbocycles. The highest BCUT2D eigenvalue weighted by Gasteiger charge is 2.28. The minimum absolute atomic E-state index is 0.00175. The third-order valence-electron chi connectivity index (χ3n) is 5.04. The second-order valence-corrected chi connectivity index (χ2v) is 7.03. The van der Waals surface area contributed by atoms with Crippen molar-refractivity contribution in [3.63, 3.8) is 0 Å². The Hall–Kier alpha value is -3.92. The normalized spacial score (nSPS) is 13.7. The monoisotopic (exact) mass is 439 g/mol. The fourth-order valence-electron chi connectivity index (χ4n) is 3.49. The fourth-order valence-corrected chi connectivity index (χ4v) is 3.49. The molecule has 1 N–H and O–H groups in total. The quantitative estimate of drug-likeness (QED) is 0.461. The second kappa shape index (κ2) is 9.06. The van der Waals surface area contributed by atoms with Crippen LogP contribution in [0.2, 0.25) is 0 Å². The zero-order valence-corrected chi connectivity index (χ0v) is 17.3. The number of ether oxygens (including phenoxy) is 2. The lowest BCUT2D eigenvalue weighted by Gasteiger charge is -2.26. The van der Waals surface area contributed by atoms with Crippen LogP contribution in [0, 0.1) is 10.1 Å². The molecule has 2 amide bonds. The number of amides is 2. The lowest BCUT2D eigenvalue weighted by molar-refractivity contribution is -0.385. The number of anilines is 1. The summed E-state index contributed by atoms with van der Waals surface area (Å²) in [5.41, 5.74) is 0.395. The molecule has 1 aliphatic rings. The van der Waals surface area contributed by atoms with E-state index in [4.69, 9.17) is 13.9 Å². The van der Waals surface area contributed by atoms with E-state index < -0.39 is 10.8 Å². The Labute approximate surface area is 182 Å². The molecule has 4 rings (SSSR count). The van der Waals surface area contributed by atoms with Gasteiger partial charge in [0.2, 0.25) is 5.76 Å². The van der Waals surface area contributed by atoms with E-state index >= 15 is 0 Å². The molecule has 10 heteroatoms. The van der Waals surface area contributed by atoms with Gasteiger partial charge in [-0.2, -0.15) is 0 Å². The molecular formula is C22H21N3O7. The maximum atomic E-state index is 13.1. The first-order valence-corrected chi connectivity index (χ1v) is 10.1. The predicted molar refractivity (Wildman–Crippen MR) is 115 cm³/mol. The lowest BCUT2D eigenvalue weighted by atomic mass is 10.1. The van der Waals surface area contributed by atoms with E-state index in [0.717, 1.165) is 6.07 Å². The average Bonchev–Trinajstić information content (AvgIpc) is 3.17. The van der Waals surface area contributed by atoms with Crippen molar-refractivity contribution in [2.75, 3.05) is 38.2 Å². The summed E-state index contributed by atoms with van der Waals surface area (Å²) < 4.78 is 16.3. The summed E-state index contributed by atoms with van der Waals surface area (Å²) in [6.07, 6.45) is 0. The minimum atomic E-state index is -0.612. The minimum Gasteiger partial charge on any atom is -0.487 e. The molecule has 0 radical (unpaired) electrons. The molecule has 166 valence electrons. The van der Waals surface area contributed by atoms with Crippen LogP contribution in [0.4, 0.5) is 11.4 Å². The van der Waals surface area contributed by atoms with E-state index in [9.17, 15) is 19.7 Å². The lowest BCUT2D eigenvalue weighted by Crippen LogP contribution is -2.40. The van der Waals surface area contributed by atoms with Crippen molar-refractivity contribution < 1.29 is 28.4 Å².